The average molecular weight is 438 g/mol. The van der Waals surface area contributed by atoms with Gasteiger partial charge in [-0.15, -0.1) is 0 Å². The lowest BCUT2D eigenvalue weighted by Gasteiger charge is -2.33. The van der Waals surface area contributed by atoms with Crippen molar-refractivity contribution in [2.75, 3.05) is 4.90 Å². The quantitative estimate of drug-likeness (QED) is 0.677. The van der Waals surface area contributed by atoms with Gasteiger partial charge in [0.05, 0.1) is 29.8 Å². The summed E-state index contributed by atoms with van der Waals surface area (Å²) in [6.45, 7) is 1.46. The van der Waals surface area contributed by atoms with Crippen molar-refractivity contribution in [2.45, 2.75) is 19.0 Å². The third kappa shape index (κ3) is 2.26. The molecule has 3 aliphatic rings. The van der Waals surface area contributed by atoms with Gasteiger partial charge in [-0.2, -0.15) is 5.10 Å². The monoisotopic (exact) mass is 437 g/mol. The highest BCUT2D eigenvalue weighted by Gasteiger charge is 2.64. The molecule has 0 aliphatic carbocycles. The molecular formula is C21H16BrN3O3. The van der Waals surface area contributed by atoms with Crippen LogP contribution in [0.2, 0.25) is 0 Å². The van der Waals surface area contributed by atoms with E-state index < -0.39 is 23.9 Å². The number of carbonyl (C=O) groups excluding carboxylic acids is 3. The van der Waals surface area contributed by atoms with Crippen molar-refractivity contribution in [3.05, 3.63) is 64.1 Å². The van der Waals surface area contributed by atoms with Gasteiger partial charge in [-0.05, 0) is 36.2 Å². The van der Waals surface area contributed by atoms with Crippen LogP contribution in [0.15, 0.2) is 58.1 Å². The Morgan fingerprint density at radius 2 is 1.79 bits per heavy atom. The summed E-state index contributed by atoms with van der Waals surface area (Å²) in [6.07, 6.45) is 1.70. The van der Waals surface area contributed by atoms with Crippen molar-refractivity contribution in [1.82, 2.24) is 5.01 Å². The number of hydrogen-bond donors (Lipinski definition) is 0. The van der Waals surface area contributed by atoms with E-state index >= 15 is 0 Å². The maximum atomic E-state index is 13.4. The van der Waals surface area contributed by atoms with E-state index in [1.165, 1.54) is 11.8 Å². The Hall–Kier alpha value is -2.80. The number of amides is 2. The van der Waals surface area contributed by atoms with Gasteiger partial charge in [0.1, 0.15) is 6.04 Å². The Kier molecular flexibility index (Phi) is 3.77. The first-order chi connectivity index (χ1) is 13.5. The summed E-state index contributed by atoms with van der Waals surface area (Å²) in [7, 11) is 0. The minimum absolute atomic E-state index is 0.161. The molecule has 3 heterocycles. The van der Waals surface area contributed by atoms with Crippen molar-refractivity contribution in [1.29, 1.82) is 0 Å². The van der Waals surface area contributed by atoms with Gasteiger partial charge in [-0.1, -0.05) is 46.3 Å². The molecule has 0 bridgehead atoms. The molecule has 7 heteroatoms. The normalized spacial score (nSPS) is 27.6. The maximum Gasteiger partial charge on any atom is 0.240 e. The Morgan fingerprint density at radius 1 is 1.04 bits per heavy atom. The smallest absolute Gasteiger partial charge is 0.240 e. The number of Topliss-reactive ketones (excluding diaryl/α,β-unsaturated/α-hetero) is 1. The highest BCUT2D eigenvalue weighted by molar-refractivity contribution is 9.10. The largest absolute Gasteiger partial charge is 0.298 e. The second kappa shape index (κ2) is 6.10. The zero-order valence-electron chi connectivity index (χ0n) is 14.9. The topological polar surface area (TPSA) is 70.0 Å². The number of fused-ring (bicyclic) bond motifs is 5. The van der Waals surface area contributed by atoms with E-state index in [0.29, 0.717) is 5.69 Å². The van der Waals surface area contributed by atoms with Crippen LogP contribution >= 0.6 is 15.9 Å². The number of halogens is 1. The van der Waals surface area contributed by atoms with Crippen molar-refractivity contribution >= 4 is 45.4 Å². The number of anilines is 1. The number of hydrazone groups is 1. The Labute approximate surface area is 169 Å². The zero-order valence-corrected chi connectivity index (χ0v) is 16.5. The molecule has 0 aromatic heterocycles. The third-order valence-corrected chi connectivity index (χ3v) is 6.27. The second-order valence-corrected chi connectivity index (χ2v) is 8.21. The fourth-order valence-corrected chi connectivity index (χ4v) is 5.08. The van der Waals surface area contributed by atoms with E-state index in [4.69, 9.17) is 0 Å². The van der Waals surface area contributed by atoms with Gasteiger partial charge in [0.25, 0.3) is 0 Å². The highest BCUT2D eigenvalue weighted by Crippen LogP contribution is 2.52. The fraction of sp³-hybridized carbons (Fsp3) is 0.238. The summed E-state index contributed by atoms with van der Waals surface area (Å²) >= 11 is 3.39. The summed E-state index contributed by atoms with van der Waals surface area (Å²) in [4.78, 5) is 40.5. The van der Waals surface area contributed by atoms with Crippen LogP contribution in [0.25, 0.3) is 0 Å². The molecule has 2 fully saturated rings. The second-order valence-electron chi connectivity index (χ2n) is 7.30. The molecule has 2 amide bonds. The predicted molar refractivity (Wildman–Crippen MR) is 107 cm³/mol. The average Bonchev–Trinajstić information content (AvgIpc) is 3.15. The van der Waals surface area contributed by atoms with Gasteiger partial charge in [0.2, 0.25) is 11.8 Å². The van der Waals surface area contributed by atoms with E-state index in [0.717, 1.165) is 15.6 Å². The molecule has 140 valence electrons. The van der Waals surface area contributed by atoms with Crippen LogP contribution < -0.4 is 4.90 Å². The van der Waals surface area contributed by atoms with Gasteiger partial charge in [-0.25, -0.2) is 4.90 Å². The number of benzene rings is 2. The molecule has 2 saturated heterocycles. The number of ketones is 1. The number of hydrogen-bond acceptors (Lipinski definition) is 5. The summed E-state index contributed by atoms with van der Waals surface area (Å²) < 4.78 is 0.778. The summed E-state index contributed by atoms with van der Waals surface area (Å²) in [5, 5.41) is 6.12. The molecular weight excluding hydrogens is 422 g/mol. The Balaban J connectivity index is 1.66. The first-order valence-corrected chi connectivity index (χ1v) is 9.83. The number of imide groups is 1. The fourth-order valence-electron chi connectivity index (χ4n) is 4.69. The minimum atomic E-state index is -0.742. The minimum Gasteiger partial charge on any atom is -0.298 e. The molecule has 6 nitrogen and oxygen atoms in total. The summed E-state index contributed by atoms with van der Waals surface area (Å²) in [5.41, 5.74) is 2.35. The van der Waals surface area contributed by atoms with Crippen LogP contribution in [0.3, 0.4) is 0 Å². The molecule has 0 N–H and O–H groups in total. The molecule has 0 spiro atoms. The van der Waals surface area contributed by atoms with Gasteiger partial charge in [0, 0.05) is 4.47 Å². The van der Waals surface area contributed by atoms with Crippen molar-refractivity contribution < 1.29 is 14.4 Å². The van der Waals surface area contributed by atoms with Gasteiger partial charge >= 0.3 is 0 Å². The summed E-state index contributed by atoms with van der Waals surface area (Å²) in [5.74, 6) is -2.16. The standard InChI is InChI=1S/C21H16BrN3O3/c1-11(26)18-16-17(19-15-8-3-2-5-12(15)10-23-25(18)19)21(28)24(20(16)27)14-7-4-6-13(22)9-14/h2-10,16-19H,1H3/t16-,17+,18-,19-/m1/s1. The lowest BCUT2D eigenvalue weighted by atomic mass is 9.84. The van der Waals surface area contributed by atoms with Crippen LogP contribution in [-0.4, -0.2) is 34.9 Å². The van der Waals surface area contributed by atoms with Gasteiger partial charge in [-0.3, -0.25) is 19.4 Å². The first-order valence-electron chi connectivity index (χ1n) is 9.04. The zero-order chi connectivity index (χ0) is 19.6. The lowest BCUT2D eigenvalue weighted by molar-refractivity contribution is -0.129. The van der Waals surface area contributed by atoms with E-state index in [9.17, 15) is 14.4 Å². The number of nitrogens with zero attached hydrogens (tertiary/aromatic N) is 3. The van der Waals surface area contributed by atoms with Crippen LogP contribution in [0.5, 0.6) is 0 Å². The lowest BCUT2D eigenvalue weighted by Crippen LogP contribution is -2.43. The van der Waals surface area contributed by atoms with Crippen LogP contribution in [0, 0.1) is 11.8 Å². The molecule has 4 atom stereocenters. The van der Waals surface area contributed by atoms with E-state index in [2.05, 4.69) is 21.0 Å². The molecule has 2 aromatic rings. The predicted octanol–water partition coefficient (Wildman–Crippen LogP) is 2.92. The number of carbonyl (C=O) groups is 3. The number of rotatable bonds is 2. The molecule has 3 aliphatic heterocycles. The molecule has 5 rings (SSSR count). The molecule has 0 saturated carbocycles. The van der Waals surface area contributed by atoms with E-state index in [1.54, 1.807) is 29.4 Å². The SMILES string of the molecule is CC(=O)[C@@H]1[C@@H]2C(=O)N(c3cccc(Br)c3)C(=O)[C@@H]2[C@H]2c3ccccc3C=NN12. The van der Waals surface area contributed by atoms with Crippen LogP contribution in [0.1, 0.15) is 24.1 Å². The summed E-state index contributed by atoms with van der Waals surface area (Å²) in [6, 6.07) is 13.6. The Bertz CT molecular complexity index is 1070. The molecule has 2 aromatic carbocycles. The van der Waals surface area contributed by atoms with E-state index in [-0.39, 0.29) is 17.6 Å². The van der Waals surface area contributed by atoms with Crippen LogP contribution in [-0.2, 0) is 14.4 Å². The van der Waals surface area contributed by atoms with Crippen LogP contribution in [0.4, 0.5) is 5.69 Å². The van der Waals surface area contributed by atoms with Crippen molar-refractivity contribution in [3.63, 3.8) is 0 Å². The van der Waals surface area contributed by atoms with Crippen molar-refractivity contribution in [2.24, 2.45) is 16.9 Å². The first kappa shape index (κ1) is 17.3. The maximum absolute atomic E-state index is 13.4. The molecule has 0 unspecified atom stereocenters. The van der Waals surface area contributed by atoms with Gasteiger partial charge < -0.3 is 0 Å². The molecule has 0 radical (unpaired) electrons. The molecule has 28 heavy (non-hydrogen) atoms. The third-order valence-electron chi connectivity index (χ3n) is 5.78. The highest BCUT2D eigenvalue weighted by atomic mass is 79.9. The van der Waals surface area contributed by atoms with E-state index in [1.807, 2.05) is 30.3 Å². The van der Waals surface area contributed by atoms with Crippen molar-refractivity contribution in [3.8, 4) is 0 Å². The van der Waals surface area contributed by atoms with Gasteiger partial charge in [0.15, 0.2) is 5.78 Å². The Morgan fingerprint density at radius 3 is 2.54 bits per heavy atom.